The van der Waals surface area contributed by atoms with Crippen molar-refractivity contribution in [1.29, 1.82) is 0 Å². The Bertz CT molecular complexity index is 431. The minimum absolute atomic E-state index is 0.0391. The van der Waals surface area contributed by atoms with Gasteiger partial charge in [-0.2, -0.15) is 0 Å². The predicted molar refractivity (Wildman–Crippen MR) is 63.6 cm³/mol. The molecule has 0 N–H and O–H groups in total. The lowest BCUT2D eigenvalue weighted by atomic mass is 10.1. The van der Waals surface area contributed by atoms with E-state index in [1.54, 1.807) is 26.8 Å². The van der Waals surface area contributed by atoms with Crippen LogP contribution in [-0.4, -0.2) is 12.0 Å². The Hall–Kier alpha value is -1.65. The molecule has 0 saturated carbocycles. The second kappa shape index (κ2) is 4.92. The van der Waals surface area contributed by atoms with Crippen LogP contribution in [0.3, 0.4) is 0 Å². The van der Waals surface area contributed by atoms with Gasteiger partial charge in [-0.1, -0.05) is 24.8 Å². The summed E-state index contributed by atoms with van der Waals surface area (Å²) in [5.41, 5.74) is -0.391. The summed E-state index contributed by atoms with van der Waals surface area (Å²) in [6.45, 7) is 8.68. The molecule has 0 aliphatic rings. The van der Waals surface area contributed by atoms with Crippen molar-refractivity contribution in [3.05, 3.63) is 30.3 Å². The van der Waals surface area contributed by atoms with E-state index in [9.17, 15) is 13.2 Å². The highest BCUT2D eigenvalue weighted by Gasteiger charge is 2.34. The maximum absolute atomic E-state index is 12.4. The molecule has 0 fully saturated rings. The summed E-state index contributed by atoms with van der Waals surface area (Å²) in [7, 11) is 0. The van der Waals surface area contributed by atoms with Crippen LogP contribution in [0.2, 0.25) is 0 Å². The SMILES string of the molecule is C=Cc1cccc(OC(C)(C)C)c1OC(F)(F)F. The molecule has 0 amide bonds. The number of para-hydroxylation sites is 1. The van der Waals surface area contributed by atoms with Gasteiger partial charge >= 0.3 is 6.36 Å². The Morgan fingerprint density at radius 3 is 2.17 bits per heavy atom. The van der Waals surface area contributed by atoms with E-state index < -0.39 is 12.0 Å². The number of alkyl halides is 3. The quantitative estimate of drug-likeness (QED) is 0.801. The fraction of sp³-hybridized carbons (Fsp3) is 0.385. The lowest BCUT2D eigenvalue weighted by Crippen LogP contribution is -2.25. The lowest BCUT2D eigenvalue weighted by Gasteiger charge is -2.24. The minimum Gasteiger partial charge on any atom is -0.484 e. The number of hydrogen-bond donors (Lipinski definition) is 0. The third-order valence-corrected chi connectivity index (χ3v) is 1.86. The molecule has 1 rings (SSSR count). The summed E-state index contributed by atoms with van der Waals surface area (Å²) in [6, 6.07) is 4.49. The van der Waals surface area contributed by atoms with Gasteiger partial charge in [0.05, 0.1) is 0 Å². The molecule has 2 nitrogen and oxygen atoms in total. The summed E-state index contributed by atoms with van der Waals surface area (Å²) < 4.78 is 46.5. The minimum atomic E-state index is -4.77. The van der Waals surface area contributed by atoms with Crippen LogP contribution in [0.25, 0.3) is 6.08 Å². The monoisotopic (exact) mass is 260 g/mol. The third-order valence-electron chi connectivity index (χ3n) is 1.86. The molecule has 100 valence electrons. The number of halogens is 3. The zero-order chi connectivity index (χ0) is 14.0. The summed E-state index contributed by atoms with van der Waals surface area (Å²) in [5.74, 6) is -0.327. The van der Waals surface area contributed by atoms with Crippen molar-refractivity contribution < 1.29 is 22.6 Å². The fourth-order valence-electron chi connectivity index (χ4n) is 1.33. The predicted octanol–water partition coefficient (Wildman–Crippen LogP) is 4.41. The first-order valence-corrected chi connectivity index (χ1v) is 5.32. The second-order valence-corrected chi connectivity index (χ2v) is 4.64. The van der Waals surface area contributed by atoms with E-state index in [0.717, 1.165) is 0 Å². The maximum atomic E-state index is 12.4. The van der Waals surface area contributed by atoms with Crippen LogP contribution in [0.1, 0.15) is 26.3 Å². The Kier molecular flexibility index (Phi) is 3.94. The molecule has 0 aliphatic carbocycles. The van der Waals surface area contributed by atoms with Gasteiger partial charge in [0.15, 0.2) is 11.5 Å². The average molecular weight is 260 g/mol. The molecule has 0 aromatic heterocycles. The average Bonchev–Trinajstić information content (AvgIpc) is 2.16. The van der Waals surface area contributed by atoms with E-state index in [4.69, 9.17) is 4.74 Å². The molecule has 1 aromatic rings. The molecule has 0 saturated heterocycles. The van der Waals surface area contributed by atoms with Crippen molar-refractivity contribution in [2.75, 3.05) is 0 Å². The van der Waals surface area contributed by atoms with Crippen LogP contribution in [-0.2, 0) is 0 Å². The smallest absolute Gasteiger partial charge is 0.484 e. The summed E-state index contributed by atoms with van der Waals surface area (Å²) in [5, 5.41) is 0. The molecular weight excluding hydrogens is 245 g/mol. The summed E-state index contributed by atoms with van der Waals surface area (Å²) >= 11 is 0. The maximum Gasteiger partial charge on any atom is 0.573 e. The lowest BCUT2D eigenvalue weighted by molar-refractivity contribution is -0.275. The Balaban J connectivity index is 3.20. The van der Waals surface area contributed by atoms with E-state index >= 15 is 0 Å². The third kappa shape index (κ3) is 4.31. The van der Waals surface area contributed by atoms with Crippen molar-refractivity contribution in [1.82, 2.24) is 0 Å². The van der Waals surface area contributed by atoms with Gasteiger partial charge in [-0.25, -0.2) is 0 Å². The van der Waals surface area contributed by atoms with Gasteiger partial charge in [-0.05, 0) is 26.8 Å². The first-order chi connectivity index (χ1) is 8.12. The van der Waals surface area contributed by atoms with Gasteiger partial charge < -0.3 is 9.47 Å². The molecule has 5 heteroatoms. The largest absolute Gasteiger partial charge is 0.573 e. The highest BCUT2D eigenvalue weighted by molar-refractivity contribution is 5.61. The van der Waals surface area contributed by atoms with Crippen LogP contribution in [0, 0.1) is 0 Å². The van der Waals surface area contributed by atoms with E-state index in [2.05, 4.69) is 11.3 Å². The first kappa shape index (κ1) is 14.4. The van der Waals surface area contributed by atoms with E-state index in [1.165, 1.54) is 18.2 Å². The Morgan fingerprint density at radius 1 is 1.11 bits per heavy atom. The van der Waals surface area contributed by atoms with Gasteiger partial charge in [0, 0.05) is 5.56 Å². The fourth-order valence-corrected chi connectivity index (χ4v) is 1.33. The highest BCUT2D eigenvalue weighted by Crippen LogP contribution is 2.37. The molecule has 0 radical (unpaired) electrons. The normalized spacial score (nSPS) is 12.1. The van der Waals surface area contributed by atoms with Crippen LogP contribution < -0.4 is 9.47 Å². The molecule has 0 heterocycles. The van der Waals surface area contributed by atoms with Gasteiger partial charge in [-0.3, -0.25) is 0 Å². The van der Waals surface area contributed by atoms with Gasteiger partial charge in [0.1, 0.15) is 5.60 Å². The Labute approximate surface area is 104 Å². The van der Waals surface area contributed by atoms with Crippen LogP contribution >= 0.6 is 0 Å². The van der Waals surface area contributed by atoms with Crippen molar-refractivity contribution in [2.45, 2.75) is 32.7 Å². The van der Waals surface area contributed by atoms with Crippen LogP contribution in [0.4, 0.5) is 13.2 Å². The topological polar surface area (TPSA) is 18.5 Å². The van der Waals surface area contributed by atoms with E-state index in [1.807, 2.05) is 0 Å². The van der Waals surface area contributed by atoms with Crippen molar-refractivity contribution >= 4 is 6.08 Å². The molecule has 1 aromatic carbocycles. The molecule has 0 aliphatic heterocycles. The zero-order valence-electron chi connectivity index (χ0n) is 10.5. The van der Waals surface area contributed by atoms with Crippen LogP contribution in [0.5, 0.6) is 11.5 Å². The van der Waals surface area contributed by atoms with E-state index in [-0.39, 0.29) is 17.1 Å². The number of rotatable bonds is 3. The van der Waals surface area contributed by atoms with Crippen molar-refractivity contribution in [2.24, 2.45) is 0 Å². The van der Waals surface area contributed by atoms with Crippen LogP contribution in [0.15, 0.2) is 24.8 Å². The molecule has 0 atom stereocenters. The van der Waals surface area contributed by atoms with E-state index in [0.29, 0.717) is 0 Å². The molecule has 18 heavy (non-hydrogen) atoms. The number of ether oxygens (including phenoxy) is 2. The Morgan fingerprint density at radius 2 is 1.72 bits per heavy atom. The molecule has 0 bridgehead atoms. The van der Waals surface area contributed by atoms with Crippen molar-refractivity contribution in [3.63, 3.8) is 0 Å². The zero-order valence-corrected chi connectivity index (χ0v) is 10.5. The second-order valence-electron chi connectivity index (χ2n) is 4.64. The van der Waals surface area contributed by atoms with Gasteiger partial charge in [0.25, 0.3) is 0 Å². The summed E-state index contributed by atoms with van der Waals surface area (Å²) in [6.07, 6.45) is -3.48. The molecule has 0 spiro atoms. The molecular formula is C13H15F3O2. The first-order valence-electron chi connectivity index (χ1n) is 5.32. The standard InChI is InChI=1S/C13H15F3O2/c1-5-9-7-6-8-10(17-12(2,3)4)11(9)18-13(14,15)16/h5-8H,1H2,2-4H3. The molecule has 0 unspecified atom stereocenters. The van der Waals surface area contributed by atoms with Gasteiger partial charge in [-0.15, -0.1) is 13.2 Å². The van der Waals surface area contributed by atoms with Crippen molar-refractivity contribution in [3.8, 4) is 11.5 Å². The number of benzene rings is 1. The summed E-state index contributed by atoms with van der Waals surface area (Å²) in [4.78, 5) is 0. The highest BCUT2D eigenvalue weighted by atomic mass is 19.4. The van der Waals surface area contributed by atoms with Gasteiger partial charge in [0.2, 0.25) is 0 Å². The number of hydrogen-bond acceptors (Lipinski definition) is 2.